The molecule has 19 heavy (non-hydrogen) atoms. The molecule has 98 valence electrons. The maximum atomic E-state index is 13.5. The van der Waals surface area contributed by atoms with Crippen LogP contribution in [0.1, 0.15) is 10.4 Å². The largest absolute Gasteiger partial charge is 0.508 e. The van der Waals surface area contributed by atoms with E-state index in [1.807, 2.05) is 0 Å². The van der Waals surface area contributed by atoms with Gasteiger partial charge in [-0.3, -0.25) is 4.79 Å². The van der Waals surface area contributed by atoms with Gasteiger partial charge in [0.25, 0.3) is 5.91 Å². The van der Waals surface area contributed by atoms with Crippen LogP contribution < -0.4 is 5.32 Å². The van der Waals surface area contributed by atoms with Gasteiger partial charge in [0.15, 0.2) is 0 Å². The second kappa shape index (κ2) is 5.24. The Hall–Kier alpha value is -2.14. The van der Waals surface area contributed by atoms with Crippen molar-refractivity contribution in [3.63, 3.8) is 0 Å². The SMILES string of the molecule is O=C(Nc1ccc(F)cc1Cl)c1ccc(O)cc1F. The number of halogens is 3. The van der Waals surface area contributed by atoms with E-state index in [4.69, 9.17) is 16.7 Å². The van der Waals surface area contributed by atoms with Crippen LogP contribution in [0.5, 0.6) is 5.75 Å². The number of hydrogen-bond acceptors (Lipinski definition) is 2. The van der Waals surface area contributed by atoms with Gasteiger partial charge in [0, 0.05) is 6.07 Å². The molecule has 0 saturated carbocycles. The van der Waals surface area contributed by atoms with Crippen LogP contribution in [-0.4, -0.2) is 11.0 Å². The van der Waals surface area contributed by atoms with E-state index in [-0.39, 0.29) is 22.0 Å². The van der Waals surface area contributed by atoms with Crippen molar-refractivity contribution >= 4 is 23.2 Å². The number of anilines is 1. The van der Waals surface area contributed by atoms with E-state index in [0.717, 1.165) is 24.3 Å². The molecule has 1 amide bonds. The quantitative estimate of drug-likeness (QED) is 0.885. The van der Waals surface area contributed by atoms with Crippen molar-refractivity contribution < 1.29 is 18.7 Å². The predicted molar refractivity (Wildman–Crippen MR) is 67.4 cm³/mol. The molecule has 0 atom stereocenters. The van der Waals surface area contributed by atoms with E-state index < -0.39 is 17.5 Å². The molecule has 0 saturated heterocycles. The van der Waals surface area contributed by atoms with Crippen LogP contribution >= 0.6 is 11.6 Å². The third-order valence-electron chi connectivity index (χ3n) is 2.38. The Morgan fingerprint density at radius 1 is 1.16 bits per heavy atom. The molecule has 0 aliphatic rings. The molecular weight excluding hydrogens is 276 g/mol. The summed E-state index contributed by atoms with van der Waals surface area (Å²) in [5.41, 5.74) is -0.0845. The molecule has 0 aromatic heterocycles. The van der Waals surface area contributed by atoms with Crippen molar-refractivity contribution in [2.75, 3.05) is 5.32 Å². The number of phenols is 1. The van der Waals surface area contributed by atoms with Gasteiger partial charge in [-0.15, -0.1) is 0 Å². The smallest absolute Gasteiger partial charge is 0.258 e. The summed E-state index contributed by atoms with van der Waals surface area (Å²) in [6, 6.07) is 6.57. The minimum Gasteiger partial charge on any atom is -0.508 e. The van der Waals surface area contributed by atoms with Gasteiger partial charge in [-0.05, 0) is 30.3 Å². The second-order valence-electron chi connectivity index (χ2n) is 3.74. The van der Waals surface area contributed by atoms with Crippen LogP contribution in [0.3, 0.4) is 0 Å². The molecule has 0 aliphatic heterocycles. The third-order valence-corrected chi connectivity index (χ3v) is 2.69. The average molecular weight is 284 g/mol. The topological polar surface area (TPSA) is 49.3 Å². The van der Waals surface area contributed by atoms with Crippen molar-refractivity contribution in [1.82, 2.24) is 0 Å². The molecule has 2 aromatic carbocycles. The van der Waals surface area contributed by atoms with Crippen LogP contribution in [0.15, 0.2) is 36.4 Å². The summed E-state index contributed by atoms with van der Waals surface area (Å²) in [6.07, 6.45) is 0. The van der Waals surface area contributed by atoms with Gasteiger partial charge in [-0.25, -0.2) is 8.78 Å². The molecule has 6 heteroatoms. The molecule has 2 N–H and O–H groups in total. The lowest BCUT2D eigenvalue weighted by Crippen LogP contribution is -2.14. The predicted octanol–water partition coefficient (Wildman–Crippen LogP) is 3.58. The van der Waals surface area contributed by atoms with Crippen LogP contribution in [0, 0.1) is 11.6 Å². The first-order valence-corrected chi connectivity index (χ1v) is 5.60. The Labute approximate surface area is 112 Å². The van der Waals surface area contributed by atoms with E-state index in [9.17, 15) is 13.6 Å². The fraction of sp³-hybridized carbons (Fsp3) is 0. The number of nitrogens with one attached hydrogen (secondary N) is 1. The summed E-state index contributed by atoms with van der Waals surface area (Å²) >= 11 is 5.74. The first-order chi connectivity index (χ1) is 8.97. The van der Waals surface area contributed by atoms with E-state index >= 15 is 0 Å². The van der Waals surface area contributed by atoms with Crippen molar-refractivity contribution in [2.45, 2.75) is 0 Å². The summed E-state index contributed by atoms with van der Waals surface area (Å²) in [5.74, 6) is -2.44. The highest BCUT2D eigenvalue weighted by molar-refractivity contribution is 6.33. The zero-order chi connectivity index (χ0) is 14.0. The number of amides is 1. The van der Waals surface area contributed by atoms with Crippen LogP contribution in [0.25, 0.3) is 0 Å². The molecule has 0 heterocycles. The molecular formula is C13H8ClF2NO2. The van der Waals surface area contributed by atoms with Gasteiger partial charge in [-0.2, -0.15) is 0 Å². The molecule has 0 spiro atoms. The van der Waals surface area contributed by atoms with E-state index in [0.29, 0.717) is 0 Å². The fourth-order valence-corrected chi connectivity index (χ4v) is 1.68. The molecule has 3 nitrogen and oxygen atoms in total. The van der Waals surface area contributed by atoms with Crippen LogP contribution in [0.4, 0.5) is 14.5 Å². The van der Waals surface area contributed by atoms with E-state index in [1.54, 1.807) is 0 Å². The van der Waals surface area contributed by atoms with Crippen LogP contribution in [0.2, 0.25) is 5.02 Å². The molecule has 2 rings (SSSR count). The minimum absolute atomic E-state index is 0.00698. The first-order valence-electron chi connectivity index (χ1n) is 5.22. The standard InChI is InChI=1S/C13H8ClF2NO2/c14-10-5-7(15)1-4-12(10)17-13(19)9-3-2-8(18)6-11(9)16/h1-6,18H,(H,17,19). The van der Waals surface area contributed by atoms with Crippen molar-refractivity contribution in [3.8, 4) is 5.75 Å². The summed E-state index contributed by atoms with van der Waals surface area (Å²) < 4.78 is 26.3. The third kappa shape index (κ3) is 3.00. The Morgan fingerprint density at radius 2 is 1.89 bits per heavy atom. The van der Waals surface area contributed by atoms with Gasteiger partial charge in [0.2, 0.25) is 0 Å². The van der Waals surface area contributed by atoms with Crippen molar-refractivity contribution in [2.24, 2.45) is 0 Å². The minimum atomic E-state index is -0.865. The van der Waals surface area contributed by atoms with E-state index in [1.165, 1.54) is 12.1 Å². The zero-order valence-corrected chi connectivity index (χ0v) is 10.2. The van der Waals surface area contributed by atoms with Gasteiger partial charge in [0.1, 0.15) is 17.4 Å². The lowest BCUT2D eigenvalue weighted by molar-refractivity contribution is 0.102. The van der Waals surface area contributed by atoms with Crippen molar-refractivity contribution in [3.05, 3.63) is 58.6 Å². The fourth-order valence-electron chi connectivity index (χ4n) is 1.47. The maximum absolute atomic E-state index is 13.5. The molecule has 0 fully saturated rings. The Morgan fingerprint density at radius 3 is 2.53 bits per heavy atom. The van der Waals surface area contributed by atoms with Crippen molar-refractivity contribution in [1.29, 1.82) is 0 Å². The molecule has 0 radical (unpaired) electrons. The molecule has 0 aliphatic carbocycles. The maximum Gasteiger partial charge on any atom is 0.258 e. The van der Waals surface area contributed by atoms with Gasteiger partial charge >= 0.3 is 0 Å². The highest BCUT2D eigenvalue weighted by atomic mass is 35.5. The number of rotatable bonds is 2. The number of hydrogen-bond donors (Lipinski definition) is 2. The number of carbonyl (C=O) groups excluding carboxylic acids is 1. The average Bonchev–Trinajstić information content (AvgIpc) is 2.32. The summed E-state index contributed by atoms with van der Waals surface area (Å²) in [7, 11) is 0. The highest BCUT2D eigenvalue weighted by Gasteiger charge is 2.14. The highest BCUT2D eigenvalue weighted by Crippen LogP contribution is 2.24. The Kier molecular flexibility index (Phi) is 3.66. The van der Waals surface area contributed by atoms with Crippen LogP contribution in [-0.2, 0) is 0 Å². The first kappa shape index (κ1) is 13.3. The lowest BCUT2D eigenvalue weighted by atomic mass is 10.2. The summed E-state index contributed by atoms with van der Waals surface area (Å²) in [6.45, 7) is 0. The second-order valence-corrected chi connectivity index (χ2v) is 4.15. The summed E-state index contributed by atoms with van der Waals surface area (Å²) in [5, 5.41) is 11.4. The Bertz CT molecular complexity index is 647. The molecule has 2 aromatic rings. The number of phenolic OH excluding ortho intramolecular Hbond substituents is 1. The van der Waals surface area contributed by atoms with E-state index in [2.05, 4.69) is 5.32 Å². The monoisotopic (exact) mass is 283 g/mol. The Balaban J connectivity index is 2.25. The molecule has 0 bridgehead atoms. The van der Waals surface area contributed by atoms with Gasteiger partial charge < -0.3 is 10.4 Å². The number of benzene rings is 2. The zero-order valence-electron chi connectivity index (χ0n) is 9.45. The lowest BCUT2D eigenvalue weighted by Gasteiger charge is -2.08. The summed E-state index contributed by atoms with van der Waals surface area (Å²) in [4.78, 5) is 11.8. The number of carbonyl (C=O) groups is 1. The van der Waals surface area contributed by atoms with Gasteiger partial charge in [-0.1, -0.05) is 11.6 Å². The van der Waals surface area contributed by atoms with Gasteiger partial charge in [0.05, 0.1) is 16.3 Å². The number of aromatic hydroxyl groups is 1. The normalized spacial score (nSPS) is 10.3. The molecule has 0 unspecified atom stereocenters.